The van der Waals surface area contributed by atoms with Crippen LogP contribution in [0, 0.1) is 5.82 Å². The van der Waals surface area contributed by atoms with E-state index in [1.807, 2.05) is 0 Å². The first-order valence-electron chi connectivity index (χ1n) is 8.80. The maximum atomic E-state index is 14.7. The van der Waals surface area contributed by atoms with Gasteiger partial charge in [0.2, 0.25) is 0 Å². The lowest BCUT2D eigenvalue weighted by molar-refractivity contribution is 0.0698. The number of aromatic nitrogens is 3. The number of nitrogens with one attached hydrogen (secondary N) is 1. The quantitative estimate of drug-likeness (QED) is 0.642. The van der Waals surface area contributed by atoms with E-state index in [4.69, 9.17) is 0 Å². The molecule has 0 aliphatic heterocycles. The van der Waals surface area contributed by atoms with Crippen molar-refractivity contribution in [3.63, 3.8) is 0 Å². The van der Waals surface area contributed by atoms with Gasteiger partial charge < -0.3 is 5.11 Å². The van der Waals surface area contributed by atoms with Crippen molar-refractivity contribution in [2.45, 2.75) is 38.0 Å². The lowest BCUT2D eigenvalue weighted by Gasteiger charge is -2.22. The molecule has 1 fully saturated rings. The van der Waals surface area contributed by atoms with Gasteiger partial charge in [-0.3, -0.25) is 9.89 Å². The summed E-state index contributed by atoms with van der Waals surface area (Å²) in [7, 11) is 0. The second-order valence-corrected chi connectivity index (χ2v) is 7.61. The van der Waals surface area contributed by atoms with Crippen molar-refractivity contribution in [3.05, 3.63) is 56.2 Å². The third kappa shape index (κ3) is 3.18. The molecule has 0 radical (unpaired) electrons. The van der Waals surface area contributed by atoms with Gasteiger partial charge in [0.15, 0.2) is 5.65 Å². The van der Waals surface area contributed by atoms with Crippen molar-refractivity contribution in [1.82, 2.24) is 14.6 Å². The number of nitrogens with zero attached hydrogens (tertiary/aromatic N) is 2. The van der Waals surface area contributed by atoms with Crippen LogP contribution in [0.15, 0.2) is 33.7 Å². The van der Waals surface area contributed by atoms with Crippen molar-refractivity contribution >= 4 is 27.5 Å². The van der Waals surface area contributed by atoms with E-state index >= 15 is 0 Å². The number of fused-ring (bicyclic) bond motifs is 1. The molecular weight excluding hydrogens is 417 g/mol. The molecule has 0 unspecified atom stereocenters. The van der Waals surface area contributed by atoms with Crippen molar-refractivity contribution in [2.75, 3.05) is 0 Å². The van der Waals surface area contributed by atoms with Crippen LogP contribution in [0.1, 0.15) is 53.9 Å². The highest BCUT2D eigenvalue weighted by Crippen LogP contribution is 2.35. The molecule has 0 amide bonds. The number of hydrogen-bond acceptors (Lipinski definition) is 3. The molecule has 2 N–H and O–H groups in total. The van der Waals surface area contributed by atoms with Gasteiger partial charge in [-0.25, -0.2) is 14.2 Å². The van der Waals surface area contributed by atoms with Gasteiger partial charge in [0.25, 0.3) is 5.56 Å². The first-order chi connectivity index (χ1) is 13.0. The fourth-order valence-corrected chi connectivity index (χ4v) is 4.30. The molecule has 0 atom stereocenters. The summed E-state index contributed by atoms with van der Waals surface area (Å²) < 4.78 is 15.9. The van der Waals surface area contributed by atoms with Crippen LogP contribution in [-0.4, -0.2) is 25.7 Å². The molecule has 1 saturated carbocycles. The molecule has 0 saturated heterocycles. The first kappa shape index (κ1) is 17.9. The molecule has 27 heavy (non-hydrogen) atoms. The molecule has 2 heterocycles. The number of carboxylic acids is 1. The number of aromatic carboxylic acids is 1. The Hall–Kier alpha value is -2.48. The summed E-state index contributed by atoms with van der Waals surface area (Å²) in [6.45, 7) is 0. The Morgan fingerprint density at radius 2 is 2.00 bits per heavy atom. The average Bonchev–Trinajstić information content (AvgIpc) is 2.99. The van der Waals surface area contributed by atoms with Gasteiger partial charge in [0.1, 0.15) is 16.0 Å². The Labute approximate surface area is 162 Å². The first-order valence-corrected chi connectivity index (χ1v) is 9.59. The molecule has 0 spiro atoms. The predicted molar refractivity (Wildman–Crippen MR) is 102 cm³/mol. The summed E-state index contributed by atoms with van der Waals surface area (Å²) in [6, 6.07) is 6.14. The minimum absolute atomic E-state index is 0.0198. The standard InChI is InChI=1S/C19H17BrFN3O3/c20-17-16(19(26)27)18-22-14(9-15(25)24(18)23-17)11-6-7-12(13(21)8-11)10-4-2-1-3-5-10/h6-10,23H,1-5H2,(H,26,27). The third-order valence-corrected chi connectivity index (χ3v) is 5.70. The number of hydrogen-bond donors (Lipinski definition) is 2. The summed E-state index contributed by atoms with van der Waals surface area (Å²) in [6.07, 6.45) is 5.40. The van der Waals surface area contributed by atoms with Crippen LogP contribution in [-0.2, 0) is 0 Å². The highest BCUT2D eigenvalue weighted by atomic mass is 79.9. The highest BCUT2D eigenvalue weighted by molar-refractivity contribution is 9.10. The smallest absolute Gasteiger partial charge is 0.342 e. The zero-order valence-electron chi connectivity index (χ0n) is 14.3. The fourth-order valence-electron chi connectivity index (χ4n) is 3.78. The van der Waals surface area contributed by atoms with E-state index in [0.717, 1.165) is 30.2 Å². The van der Waals surface area contributed by atoms with E-state index in [9.17, 15) is 19.1 Å². The van der Waals surface area contributed by atoms with Gasteiger partial charge in [-0.05, 0) is 46.3 Å². The lowest BCUT2D eigenvalue weighted by Crippen LogP contribution is -2.15. The van der Waals surface area contributed by atoms with Crippen LogP contribution in [0.4, 0.5) is 4.39 Å². The second kappa shape index (κ2) is 6.92. The Morgan fingerprint density at radius 1 is 1.26 bits per heavy atom. The number of rotatable bonds is 3. The van der Waals surface area contributed by atoms with Crippen molar-refractivity contribution < 1.29 is 14.3 Å². The van der Waals surface area contributed by atoms with E-state index in [1.165, 1.54) is 18.6 Å². The molecular formula is C19H17BrFN3O3. The summed E-state index contributed by atoms with van der Waals surface area (Å²) >= 11 is 3.09. The maximum absolute atomic E-state index is 14.7. The number of aromatic amines is 1. The van der Waals surface area contributed by atoms with Crippen molar-refractivity contribution in [3.8, 4) is 11.3 Å². The van der Waals surface area contributed by atoms with Crippen LogP contribution in [0.2, 0.25) is 0 Å². The predicted octanol–water partition coefficient (Wildman–Crippen LogP) is 4.34. The molecule has 1 aliphatic rings. The van der Waals surface area contributed by atoms with E-state index in [0.29, 0.717) is 11.1 Å². The molecule has 3 aromatic rings. The van der Waals surface area contributed by atoms with Crippen molar-refractivity contribution in [2.24, 2.45) is 0 Å². The Bertz CT molecular complexity index is 1100. The van der Waals surface area contributed by atoms with Crippen LogP contribution in [0.5, 0.6) is 0 Å². The molecule has 1 aromatic carbocycles. The zero-order valence-corrected chi connectivity index (χ0v) is 15.9. The molecule has 1 aliphatic carbocycles. The Kier molecular flexibility index (Phi) is 4.59. The molecule has 8 heteroatoms. The molecule has 2 aromatic heterocycles. The lowest BCUT2D eigenvalue weighted by atomic mass is 9.83. The largest absolute Gasteiger partial charge is 0.477 e. The molecule has 6 nitrogen and oxygen atoms in total. The van der Waals surface area contributed by atoms with E-state index in [1.54, 1.807) is 12.1 Å². The van der Waals surface area contributed by atoms with Gasteiger partial charge in [0.05, 0.1) is 5.69 Å². The number of carboxylic acid groups (broad SMARTS) is 1. The van der Waals surface area contributed by atoms with Gasteiger partial charge in [-0.2, -0.15) is 4.52 Å². The maximum Gasteiger partial charge on any atom is 0.342 e. The van der Waals surface area contributed by atoms with Gasteiger partial charge in [-0.1, -0.05) is 31.4 Å². The normalized spacial score (nSPS) is 15.3. The Morgan fingerprint density at radius 3 is 2.67 bits per heavy atom. The summed E-state index contributed by atoms with van der Waals surface area (Å²) in [5, 5.41) is 12.0. The summed E-state index contributed by atoms with van der Waals surface area (Å²) in [4.78, 5) is 28.1. The minimum Gasteiger partial charge on any atom is -0.477 e. The molecule has 0 bridgehead atoms. The van der Waals surface area contributed by atoms with Crippen LogP contribution >= 0.6 is 15.9 Å². The molecule has 140 valence electrons. The van der Waals surface area contributed by atoms with E-state index in [-0.39, 0.29) is 33.2 Å². The van der Waals surface area contributed by atoms with Crippen LogP contribution in [0.3, 0.4) is 0 Å². The topological polar surface area (TPSA) is 87.5 Å². The zero-order chi connectivity index (χ0) is 19.1. The third-order valence-electron chi connectivity index (χ3n) is 5.13. The average molecular weight is 434 g/mol. The number of halogens is 2. The summed E-state index contributed by atoms with van der Waals surface area (Å²) in [5.74, 6) is -1.30. The fraction of sp³-hybridized carbons (Fsp3) is 0.316. The molecule has 4 rings (SSSR count). The monoisotopic (exact) mass is 433 g/mol. The number of H-pyrrole nitrogens is 1. The van der Waals surface area contributed by atoms with Gasteiger partial charge in [0, 0.05) is 11.6 Å². The highest BCUT2D eigenvalue weighted by Gasteiger charge is 2.22. The Balaban J connectivity index is 1.80. The van der Waals surface area contributed by atoms with E-state index in [2.05, 4.69) is 26.0 Å². The summed E-state index contributed by atoms with van der Waals surface area (Å²) in [5.41, 5.74) is 0.747. The van der Waals surface area contributed by atoms with Gasteiger partial charge in [-0.15, -0.1) is 0 Å². The van der Waals surface area contributed by atoms with Crippen LogP contribution in [0.25, 0.3) is 16.9 Å². The number of carbonyl (C=O) groups is 1. The van der Waals surface area contributed by atoms with Gasteiger partial charge >= 0.3 is 5.97 Å². The second-order valence-electron chi connectivity index (χ2n) is 6.82. The SMILES string of the molecule is O=C(O)c1c(Br)[nH]n2c(=O)cc(-c3ccc(C4CCCCC4)c(F)c3)nc12. The minimum atomic E-state index is -1.22. The van der Waals surface area contributed by atoms with Crippen molar-refractivity contribution in [1.29, 1.82) is 0 Å². The van der Waals surface area contributed by atoms with E-state index < -0.39 is 11.5 Å². The van der Waals surface area contributed by atoms with Crippen LogP contribution < -0.4 is 5.56 Å². The number of benzene rings is 1.